The van der Waals surface area contributed by atoms with Crippen LogP contribution >= 0.6 is 11.6 Å². The summed E-state index contributed by atoms with van der Waals surface area (Å²) in [7, 11) is 0. The molecule has 1 aromatic rings. The molecular weight excluding hydrogens is 314 g/mol. The SMILES string of the molecule is CCO[C@H](CC)C(=O)NCC1(c2ccc(Cl)cc2)CCOCC1. The van der Waals surface area contributed by atoms with Crippen LogP contribution in [0, 0.1) is 0 Å². The van der Waals surface area contributed by atoms with Crippen LogP contribution < -0.4 is 5.32 Å². The molecule has 128 valence electrons. The van der Waals surface area contributed by atoms with Crippen LogP contribution in [0.25, 0.3) is 0 Å². The smallest absolute Gasteiger partial charge is 0.249 e. The van der Waals surface area contributed by atoms with E-state index in [1.807, 2.05) is 26.0 Å². The zero-order valence-electron chi connectivity index (χ0n) is 13.9. The minimum Gasteiger partial charge on any atom is -0.381 e. The molecule has 1 N–H and O–H groups in total. The third-order valence-electron chi connectivity index (χ3n) is 4.54. The molecule has 1 aliphatic heterocycles. The van der Waals surface area contributed by atoms with E-state index in [1.54, 1.807) is 0 Å². The van der Waals surface area contributed by atoms with Gasteiger partial charge in [-0.25, -0.2) is 0 Å². The fourth-order valence-electron chi connectivity index (χ4n) is 3.08. The van der Waals surface area contributed by atoms with Gasteiger partial charge in [0.15, 0.2) is 0 Å². The highest BCUT2D eigenvalue weighted by Gasteiger charge is 2.35. The number of nitrogens with one attached hydrogen (secondary N) is 1. The highest BCUT2D eigenvalue weighted by Crippen LogP contribution is 2.34. The zero-order chi connectivity index (χ0) is 16.7. The molecule has 0 radical (unpaired) electrons. The third-order valence-corrected chi connectivity index (χ3v) is 4.79. The Hall–Kier alpha value is -1.10. The minimum atomic E-state index is -0.373. The molecule has 0 spiro atoms. The van der Waals surface area contributed by atoms with Gasteiger partial charge in [0.25, 0.3) is 0 Å². The normalized spacial score (nSPS) is 18.4. The van der Waals surface area contributed by atoms with Gasteiger partial charge >= 0.3 is 0 Å². The van der Waals surface area contributed by atoms with Crippen LogP contribution in [0.4, 0.5) is 0 Å². The first kappa shape index (κ1) is 18.2. The average molecular weight is 340 g/mol. The van der Waals surface area contributed by atoms with Crippen molar-refractivity contribution in [3.05, 3.63) is 34.9 Å². The predicted molar refractivity (Wildman–Crippen MR) is 91.9 cm³/mol. The summed E-state index contributed by atoms with van der Waals surface area (Å²) in [5, 5.41) is 3.81. The van der Waals surface area contributed by atoms with Crippen molar-refractivity contribution >= 4 is 17.5 Å². The number of rotatable bonds is 7. The van der Waals surface area contributed by atoms with Gasteiger partial charge in [0.2, 0.25) is 5.91 Å². The van der Waals surface area contributed by atoms with E-state index in [0.29, 0.717) is 32.8 Å². The van der Waals surface area contributed by atoms with Crippen molar-refractivity contribution in [3.63, 3.8) is 0 Å². The molecule has 5 heteroatoms. The standard InChI is InChI=1S/C18H26ClNO3/c1-3-16(23-4-2)17(21)20-13-18(9-11-22-12-10-18)14-5-7-15(19)8-6-14/h5-8,16H,3-4,9-13H2,1-2H3,(H,20,21)/t16-/m1/s1. The van der Waals surface area contributed by atoms with Crippen LogP contribution in [0.1, 0.15) is 38.7 Å². The first-order chi connectivity index (χ1) is 11.1. The Morgan fingerprint density at radius 2 is 1.96 bits per heavy atom. The van der Waals surface area contributed by atoms with Crippen molar-refractivity contribution in [2.75, 3.05) is 26.4 Å². The topological polar surface area (TPSA) is 47.6 Å². The van der Waals surface area contributed by atoms with Crippen LogP contribution in [0.5, 0.6) is 0 Å². The molecule has 0 unspecified atom stereocenters. The van der Waals surface area contributed by atoms with Crippen LogP contribution in [-0.2, 0) is 19.7 Å². The van der Waals surface area contributed by atoms with E-state index in [1.165, 1.54) is 5.56 Å². The zero-order valence-corrected chi connectivity index (χ0v) is 14.7. The lowest BCUT2D eigenvalue weighted by Gasteiger charge is -2.38. The summed E-state index contributed by atoms with van der Waals surface area (Å²) >= 11 is 6.01. The predicted octanol–water partition coefficient (Wildman–Crippen LogP) is 3.32. The maximum atomic E-state index is 12.3. The largest absolute Gasteiger partial charge is 0.381 e. The molecule has 1 heterocycles. The number of hydrogen-bond acceptors (Lipinski definition) is 3. The monoisotopic (exact) mass is 339 g/mol. The summed E-state index contributed by atoms with van der Waals surface area (Å²) < 4.78 is 11.0. The van der Waals surface area contributed by atoms with Crippen molar-refractivity contribution in [1.29, 1.82) is 0 Å². The Labute approximate surface area is 143 Å². The van der Waals surface area contributed by atoms with E-state index in [2.05, 4.69) is 17.4 Å². The fourth-order valence-corrected chi connectivity index (χ4v) is 3.21. The van der Waals surface area contributed by atoms with E-state index in [4.69, 9.17) is 21.1 Å². The van der Waals surface area contributed by atoms with Crippen LogP contribution in [0.2, 0.25) is 5.02 Å². The maximum absolute atomic E-state index is 12.3. The molecule has 1 amide bonds. The molecule has 1 aliphatic rings. The number of hydrogen-bond donors (Lipinski definition) is 1. The summed E-state index contributed by atoms with van der Waals surface area (Å²) in [5.74, 6) is -0.0332. The molecule has 0 saturated carbocycles. The summed E-state index contributed by atoms with van der Waals surface area (Å²) in [6, 6.07) is 7.93. The second kappa shape index (κ2) is 8.67. The van der Waals surface area contributed by atoms with Crippen LogP contribution in [-0.4, -0.2) is 38.4 Å². The summed E-state index contributed by atoms with van der Waals surface area (Å²) in [4.78, 5) is 12.3. The molecule has 1 saturated heterocycles. The third kappa shape index (κ3) is 4.69. The Morgan fingerprint density at radius 3 is 2.52 bits per heavy atom. The molecule has 1 aromatic carbocycles. The van der Waals surface area contributed by atoms with Crippen molar-refractivity contribution in [3.8, 4) is 0 Å². The molecule has 2 rings (SSSR count). The molecule has 0 bridgehead atoms. The van der Waals surface area contributed by atoms with Gasteiger partial charge in [-0.2, -0.15) is 0 Å². The van der Waals surface area contributed by atoms with Gasteiger partial charge in [-0.05, 0) is 43.9 Å². The number of halogens is 1. The number of carbonyl (C=O) groups is 1. The van der Waals surface area contributed by atoms with Gasteiger partial charge in [0, 0.05) is 36.8 Å². The first-order valence-electron chi connectivity index (χ1n) is 8.34. The van der Waals surface area contributed by atoms with Gasteiger partial charge in [-0.1, -0.05) is 30.7 Å². The fraction of sp³-hybridized carbons (Fsp3) is 0.611. The van der Waals surface area contributed by atoms with Crippen molar-refractivity contribution in [2.45, 2.75) is 44.6 Å². The molecule has 1 fully saturated rings. The second-order valence-electron chi connectivity index (χ2n) is 5.97. The van der Waals surface area contributed by atoms with Crippen molar-refractivity contribution in [1.82, 2.24) is 5.32 Å². The Balaban J connectivity index is 2.10. The molecule has 23 heavy (non-hydrogen) atoms. The van der Waals surface area contributed by atoms with Gasteiger partial charge < -0.3 is 14.8 Å². The Morgan fingerprint density at radius 1 is 1.30 bits per heavy atom. The van der Waals surface area contributed by atoms with E-state index in [9.17, 15) is 4.79 Å². The maximum Gasteiger partial charge on any atom is 0.249 e. The number of amides is 1. The summed E-state index contributed by atoms with van der Waals surface area (Å²) in [6.45, 7) is 6.43. The van der Waals surface area contributed by atoms with E-state index >= 15 is 0 Å². The number of benzene rings is 1. The minimum absolute atomic E-state index is 0.0332. The highest BCUT2D eigenvalue weighted by atomic mass is 35.5. The van der Waals surface area contributed by atoms with E-state index in [0.717, 1.165) is 17.9 Å². The van der Waals surface area contributed by atoms with Crippen molar-refractivity contribution < 1.29 is 14.3 Å². The number of ether oxygens (including phenoxy) is 2. The highest BCUT2D eigenvalue weighted by molar-refractivity contribution is 6.30. The van der Waals surface area contributed by atoms with Gasteiger partial charge in [0.05, 0.1) is 0 Å². The Bertz CT molecular complexity index is 497. The lowest BCUT2D eigenvalue weighted by molar-refractivity contribution is -0.133. The van der Waals surface area contributed by atoms with Gasteiger partial charge in [-0.15, -0.1) is 0 Å². The average Bonchev–Trinajstić information content (AvgIpc) is 2.59. The Kier molecular flexibility index (Phi) is 6.88. The second-order valence-corrected chi connectivity index (χ2v) is 6.41. The quantitative estimate of drug-likeness (QED) is 0.829. The molecule has 0 aromatic heterocycles. The van der Waals surface area contributed by atoms with E-state index in [-0.39, 0.29) is 17.4 Å². The van der Waals surface area contributed by atoms with Crippen LogP contribution in [0.3, 0.4) is 0 Å². The van der Waals surface area contributed by atoms with Crippen molar-refractivity contribution in [2.24, 2.45) is 0 Å². The van der Waals surface area contributed by atoms with E-state index < -0.39 is 0 Å². The molecule has 0 aliphatic carbocycles. The lowest BCUT2D eigenvalue weighted by Crippen LogP contribution is -2.47. The molecule has 4 nitrogen and oxygen atoms in total. The molecule has 1 atom stereocenters. The van der Waals surface area contributed by atoms with Gasteiger partial charge in [-0.3, -0.25) is 4.79 Å². The number of carbonyl (C=O) groups excluding carboxylic acids is 1. The first-order valence-corrected chi connectivity index (χ1v) is 8.72. The van der Waals surface area contributed by atoms with Gasteiger partial charge in [0.1, 0.15) is 6.10 Å². The summed E-state index contributed by atoms with van der Waals surface area (Å²) in [5.41, 5.74) is 1.11. The summed E-state index contributed by atoms with van der Waals surface area (Å²) in [6.07, 6.45) is 2.08. The molecular formula is C18H26ClNO3. The van der Waals surface area contributed by atoms with Crippen LogP contribution in [0.15, 0.2) is 24.3 Å². The lowest BCUT2D eigenvalue weighted by atomic mass is 9.74.